The average molecular weight is 215 g/mol. The van der Waals surface area contributed by atoms with Crippen molar-refractivity contribution < 1.29 is 10.0 Å². The van der Waals surface area contributed by atoms with Gasteiger partial charge >= 0.3 is 0 Å². The van der Waals surface area contributed by atoms with Gasteiger partial charge in [-0.15, -0.1) is 0 Å². The molecule has 0 radical (unpaired) electrons. The first-order valence-electron chi connectivity index (χ1n) is 5.06. The molecule has 16 heavy (non-hydrogen) atoms. The van der Waals surface area contributed by atoms with E-state index in [9.17, 15) is 0 Å². The number of hydrogen-bond acceptors (Lipinski definition) is 3. The highest BCUT2D eigenvalue weighted by Gasteiger charge is 2.13. The Hall–Kier alpha value is -1.68. The Kier molecular flexibility index (Phi) is 3.66. The number of nitrogens with one attached hydrogen (secondary N) is 1. The van der Waals surface area contributed by atoms with E-state index < -0.39 is 0 Å². The molecule has 0 aliphatic rings. The Bertz CT molecular complexity index is 377. The third-order valence-electron chi connectivity index (χ3n) is 2.38. The molecule has 0 saturated heterocycles. The topological polar surface area (TPSA) is 41.5 Å². The Labute approximate surface area is 94.2 Å². The van der Waals surface area contributed by atoms with E-state index in [4.69, 9.17) is 10.0 Å². The fraction of sp³-hybridized carbons (Fsp3) is 0.0769. The van der Waals surface area contributed by atoms with E-state index in [0.717, 1.165) is 11.1 Å². The van der Waals surface area contributed by atoms with Gasteiger partial charge in [-0.1, -0.05) is 66.3 Å². The highest BCUT2D eigenvalue weighted by atomic mass is 16.8. The molecule has 82 valence electrons. The van der Waals surface area contributed by atoms with Crippen molar-refractivity contribution in [3.8, 4) is 0 Å². The Morgan fingerprint density at radius 3 is 1.62 bits per heavy atom. The Morgan fingerprint density at radius 1 is 0.812 bits per heavy atom. The number of rotatable bonds is 4. The van der Waals surface area contributed by atoms with Crippen molar-refractivity contribution in [3.05, 3.63) is 71.8 Å². The van der Waals surface area contributed by atoms with Gasteiger partial charge < -0.3 is 0 Å². The molecule has 3 heteroatoms. The summed E-state index contributed by atoms with van der Waals surface area (Å²) in [6, 6.07) is 19.4. The zero-order valence-electron chi connectivity index (χ0n) is 8.71. The van der Waals surface area contributed by atoms with Gasteiger partial charge in [-0.3, -0.25) is 10.0 Å². The van der Waals surface area contributed by atoms with Crippen LogP contribution < -0.4 is 5.64 Å². The quantitative estimate of drug-likeness (QED) is 0.770. The fourth-order valence-electron chi connectivity index (χ4n) is 1.64. The van der Waals surface area contributed by atoms with Crippen LogP contribution in [0.5, 0.6) is 0 Å². The van der Waals surface area contributed by atoms with E-state index in [1.54, 1.807) is 5.64 Å². The first kappa shape index (κ1) is 10.8. The molecule has 0 spiro atoms. The third-order valence-corrected chi connectivity index (χ3v) is 2.38. The Balaban J connectivity index is 2.31. The summed E-state index contributed by atoms with van der Waals surface area (Å²) in [6.07, 6.45) is -0.313. The molecule has 2 aromatic rings. The molecule has 0 bridgehead atoms. The summed E-state index contributed by atoms with van der Waals surface area (Å²) in [5, 5.41) is 8.69. The molecular weight excluding hydrogens is 202 g/mol. The van der Waals surface area contributed by atoms with Crippen LogP contribution in [0.1, 0.15) is 17.2 Å². The number of hydrogen-bond donors (Lipinski definition) is 2. The molecule has 0 aliphatic heterocycles. The molecule has 0 atom stereocenters. The maximum Gasteiger partial charge on any atom is 0.132 e. The van der Waals surface area contributed by atoms with Crippen LogP contribution in [0.4, 0.5) is 0 Å². The van der Waals surface area contributed by atoms with Gasteiger partial charge in [0.2, 0.25) is 0 Å². The number of benzene rings is 2. The lowest BCUT2D eigenvalue weighted by molar-refractivity contribution is -0.153. The summed E-state index contributed by atoms with van der Waals surface area (Å²) >= 11 is 0. The lowest BCUT2D eigenvalue weighted by Gasteiger charge is -2.16. The second-order valence-electron chi connectivity index (χ2n) is 3.41. The molecule has 0 fully saturated rings. The maximum atomic E-state index is 8.69. The molecule has 0 unspecified atom stereocenters. The van der Waals surface area contributed by atoms with Gasteiger partial charge in [0.05, 0.1) is 0 Å². The predicted octanol–water partition coefficient (Wildman–Crippen LogP) is 2.69. The van der Waals surface area contributed by atoms with E-state index in [1.165, 1.54) is 0 Å². The molecule has 0 amide bonds. The summed E-state index contributed by atoms with van der Waals surface area (Å²) in [5.74, 6) is 0. The molecule has 3 nitrogen and oxygen atoms in total. The summed E-state index contributed by atoms with van der Waals surface area (Å²) in [7, 11) is 0. The smallest absolute Gasteiger partial charge is 0.132 e. The summed E-state index contributed by atoms with van der Waals surface area (Å²) in [6.45, 7) is 0. The molecule has 2 rings (SSSR count). The van der Waals surface area contributed by atoms with Gasteiger partial charge in [-0.05, 0) is 11.1 Å². The predicted molar refractivity (Wildman–Crippen MR) is 60.7 cm³/mol. The van der Waals surface area contributed by atoms with Gasteiger partial charge in [-0.2, -0.15) is 0 Å². The van der Waals surface area contributed by atoms with Crippen molar-refractivity contribution in [1.29, 1.82) is 0 Å². The molecule has 0 saturated carbocycles. The summed E-state index contributed by atoms with van der Waals surface area (Å²) in [4.78, 5) is 5.12. The highest BCUT2D eigenvalue weighted by Crippen LogP contribution is 2.24. The van der Waals surface area contributed by atoms with Crippen LogP contribution >= 0.6 is 0 Å². The van der Waals surface area contributed by atoms with Crippen LogP contribution in [0.3, 0.4) is 0 Å². The zero-order valence-corrected chi connectivity index (χ0v) is 8.71. The van der Waals surface area contributed by atoms with E-state index in [0.29, 0.717) is 0 Å². The Morgan fingerprint density at radius 2 is 1.25 bits per heavy atom. The van der Waals surface area contributed by atoms with Gasteiger partial charge in [0.15, 0.2) is 0 Å². The molecule has 0 aromatic heterocycles. The van der Waals surface area contributed by atoms with Crippen LogP contribution in [-0.2, 0) is 4.84 Å². The van der Waals surface area contributed by atoms with Crippen molar-refractivity contribution in [2.45, 2.75) is 6.10 Å². The van der Waals surface area contributed by atoms with Gasteiger partial charge in [0.1, 0.15) is 6.10 Å². The SMILES string of the molecule is ONOC(c1ccccc1)c1ccccc1. The largest absolute Gasteiger partial charge is 0.292 e. The molecule has 0 heterocycles. The van der Waals surface area contributed by atoms with Gasteiger partial charge in [0.25, 0.3) is 0 Å². The minimum Gasteiger partial charge on any atom is -0.292 e. The monoisotopic (exact) mass is 215 g/mol. The van der Waals surface area contributed by atoms with Gasteiger partial charge in [-0.25, -0.2) is 0 Å². The average Bonchev–Trinajstić information content (AvgIpc) is 2.38. The molecule has 2 aromatic carbocycles. The standard InChI is InChI=1S/C13H13NO2/c15-14-16-13(11-7-3-1-4-8-11)12-9-5-2-6-10-12/h1-10,13-15H. The fourth-order valence-corrected chi connectivity index (χ4v) is 1.64. The molecule has 0 aliphatic carbocycles. The van der Waals surface area contributed by atoms with Crippen molar-refractivity contribution in [3.63, 3.8) is 0 Å². The second kappa shape index (κ2) is 5.42. The van der Waals surface area contributed by atoms with Crippen molar-refractivity contribution in [2.24, 2.45) is 0 Å². The lowest BCUT2D eigenvalue weighted by Crippen LogP contribution is -2.15. The van der Waals surface area contributed by atoms with E-state index in [2.05, 4.69) is 0 Å². The van der Waals surface area contributed by atoms with Crippen molar-refractivity contribution in [1.82, 2.24) is 5.64 Å². The highest BCUT2D eigenvalue weighted by molar-refractivity contribution is 5.29. The van der Waals surface area contributed by atoms with E-state index in [1.807, 2.05) is 60.7 Å². The van der Waals surface area contributed by atoms with Crippen molar-refractivity contribution >= 4 is 0 Å². The van der Waals surface area contributed by atoms with Crippen LogP contribution in [0.2, 0.25) is 0 Å². The van der Waals surface area contributed by atoms with E-state index >= 15 is 0 Å². The maximum absolute atomic E-state index is 8.69. The van der Waals surface area contributed by atoms with Crippen LogP contribution in [-0.4, -0.2) is 5.21 Å². The minimum atomic E-state index is -0.313. The van der Waals surface area contributed by atoms with E-state index in [-0.39, 0.29) is 6.10 Å². The molecule has 2 N–H and O–H groups in total. The van der Waals surface area contributed by atoms with Crippen LogP contribution in [0, 0.1) is 0 Å². The first-order valence-corrected chi connectivity index (χ1v) is 5.06. The lowest BCUT2D eigenvalue weighted by atomic mass is 10.0. The zero-order chi connectivity index (χ0) is 11.2. The van der Waals surface area contributed by atoms with Crippen molar-refractivity contribution in [2.75, 3.05) is 0 Å². The summed E-state index contributed by atoms with van der Waals surface area (Å²) in [5.41, 5.74) is 3.73. The summed E-state index contributed by atoms with van der Waals surface area (Å²) < 4.78 is 0. The molecular formula is C13H13NO2. The van der Waals surface area contributed by atoms with Crippen LogP contribution in [0.15, 0.2) is 60.7 Å². The van der Waals surface area contributed by atoms with Crippen LogP contribution in [0.25, 0.3) is 0 Å². The second-order valence-corrected chi connectivity index (χ2v) is 3.41. The van der Waals surface area contributed by atoms with Gasteiger partial charge in [0, 0.05) is 0 Å². The first-order chi connectivity index (χ1) is 7.92. The third kappa shape index (κ3) is 2.46. The normalized spacial score (nSPS) is 10.6. The minimum absolute atomic E-state index is 0.313.